The number of nitrogens with zero attached hydrogens (tertiary/aromatic N) is 2. The standard InChI is InChI=1S/C8H8F2N2O4/c1-16-8-6(12(14)15)4(3-13)2-5(11-8)7(9)10/h2,7,13H,3H2,1H3. The molecule has 0 aliphatic rings. The number of hydrogen-bond acceptors (Lipinski definition) is 5. The van der Waals surface area contributed by atoms with Crippen LogP contribution in [0.25, 0.3) is 0 Å². The quantitative estimate of drug-likeness (QED) is 0.629. The van der Waals surface area contributed by atoms with Crippen molar-refractivity contribution in [1.82, 2.24) is 4.98 Å². The molecule has 0 fully saturated rings. The van der Waals surface area contributed by atoms with Crippen LogP contribution in [0, 0.1) is 10.1 Å². The first-order valence-corrected chi connectivity index (χ1v) is 4.12. The number of halogens is 2. The number of ether oxygens (including phenoxy) is 1. The molecule has 0 aliphatic heterocycles. The number of pyridine rings is 1. The van der Waals surface area contributed by atoms with Crippen molar-refractivity contribution in [2.75, 3.05) is 7.11 Å². The Balaban J connectivity index is 3.43. The fraction of sp³-hybridized carbons (Fsp3) is 0.375. The van der Waals surface area contributed by atoms with E-state index in [4.69, 9.17) is 5.11 Å². The lowest BCUT2D eigenvalue weighted by molar-refractivity contribution is -0.387. The lowest BCUT2D eigenvalue weighted by Crippen LogP contribution is -2.04. The highest BCUT2D eigenvalue weighted by Crippen LogP contribution is 2.32. The molecule has 0 aromatic carbocycles. The minimum atomic E-state index is -2.89. The molecule has 1 rings (SSSR count). The normalized spacial score (nSPS) is 10.6. The van der Waals surface area contributed by atoms with Crippen LogP contribution in [0.5, 0.6) is 5.88 Å². The van der Waals surface area contributed by atoms with Gasteiger partial charge in [-0.1, -0.05) is 0 Å². The van der Waals surface area contributed by atoms with Gasteiger partial charge in [0.05, 0.1) is 24.2 Å². The van der Waals surface area contributed by atoms with Crippen molar-refractivity contribution in [2.24, 2.45) is 0 Å². The lowest BCUT2D eigenvalue weighted by atomic mass is 10.2. The molecule has 1 aromatic heterocycles. The van der Waals surface area contributed by atoms with Crippen molar-refractivity contribution in [3.8, 4) is 5.88 Å². The Morgan fingerprint density at radius 1 is 1.69 bits per heavy atom. The summed E-state index contributed by atoms with van der Waals surface area (Å²) in [5, 5.41) is 19.5. The Labute approximate surface area is 88.6 Å². The Hall–Kier alpha value is -1.83. The van der Waals surface area contributed by atoms with Crippen LogP contribution in [-0.4, -0.2) is 22.1 Å². The van der Waals surface area contributed by atoms with Crippen LogP contribution in [-0.2, 0) is 6.61 Å². The van der Waals surface area contributed by atoms with Crippen LogP contribution in [0.1, 0.15) is 17.7 Å². The first kappa shape index (κ1) is 12.2. The second kappa shape index (κ2) is 4.79. The van der Waals surface area contributed by atoms with E-state index < -0.39 is 35.2 Å². The molecule has 1 heterocycles. The van der Waals surface area contributed by atoms with Gasteiger partial charge in [-0.3, -0.25) is 10.1 Å². The number of rotatable bonds is 4. The van der Waals surface area contributed by atoms with E-state index in [1.54, 1.807) is 0 Å². The summed E-state index contributed by atoms with van der Waals surface area (Å²) < 4.78 is 29.3. The predicted octanol–water partition coefficient (Wildman–Crippen LogP) is 1.43. The van der Waals surface area contributed by atoms with Gasteiger partial charge in [-0.15, -0.1) is 0 Å². The Morgan fingerprint density at radius 2 is 2.31 bits per heavy atom. The van der Waals surface area contributed by atoms with Gasteiger partial charge in [0.2, 0.25) is 0 Å². The summed E-state index contributed by atoms with van der Waals surface area (Å²) in [6, 6.07) is 0.783. The zero-order chi connectivity index (χ0) is 12.3. The van der Waals surface area contributed by atoms with E-state index in [0.717, 1.165) is 13.2 Å². The van der Waals surface area contributed by atoms with E-state index >= 15 is 0 Å². The number of methoxy groups -OCH3 is 1. The summed E-state index contributed by atoms with van der Waals surface area (Å²) >= 11 is 0. The van der Waals surface area contributed by atoms with Gasteiger partial charge in [-0.2, -0.15) is 0 Å². The SMILES string of the molecule is COc1nc(C(F)F)cc(CO)c1[N+](=O)[O-]. The average Bonchev–Trinajstić information content (AvgIpc) is 2.26. The number of hydrogen-bond donors (Lipinski definition) is 1. The second-order valence-electron chi connectivity index (χ2n) is 2.78. The van der Waals surface area contributed by atoms with E-state index in [1.807, 2.05) is 0 Å². The summed E-state index contributed by atoms with van der Waals surface area (Å²) in [6.45, 7) is -0.741. The Bertz CT molecular complexity index is 386. The summed E-state index contributed by atoms with van der Waals surface area (Å²) in [5.41, 5.74) is -1.53. The molecule has 0 atom stereocenters. The monoisotopic (exact) mass is 234 g/mol. The summed E-state index contributed by atoms with van der Waals surface area (Å²) in [7, 11) is 1.08. The third-order valence-electron chi connectivity index (χ3n) is 1.83. The highest BCUT2D eigenvalue weighted by molar-refractivity contribution is 5.49. The van der Waals surface area contributed by atoms with Crippen LogP contribution in [0.4, 0.5) is 14.5 Å². The summed E-state index contributed by atoms with van der Waals surface area (Å²) in [4.78, 5) is 13.1. The van der Waals surface area contributed by atoms with Gasteiger partial charge in [-0.25, -0.2) is 13.8 Å². The molecule has 16 heavy (non-hydrogen) atoms. The number of aliphatic hydroxyl groups excluding tert-OH is 1. The van der Waals surface area contributed by atoms with E-state index in [1.165, 1.54) is 0 Å². The minimum Gasteiger partial charge on any atom is -0.476 e. The van der Waals surface area contributed by atoms with Crippen molar-refractivity contribution in [1.29, 1.82) is 0 Å². The molecule has 88 valence electrons. The van der Waals surface area contributed by atoms with Crippen molar-refractivity contribution < 1.29 is 23.5 Å². The highest BCUT2D eigenvalue weighted by atomic mass is 19.3. The molecular formula is C8H8F2N2O4. The fourth-order valence-corrected chi connectivity index (χ4v) is 1.16. The first-order chi connectivity index (χ1) is 7.51. The molecule has 0 saturated carbocycles. The number of nitro groups is 1. The zero-order valence-electron chi connectivity index (χ0n) is 8.18. The molecular weight excluding hydrogens is 226 g/mol. The number of aromatic nitrogens is 1. The third kappa shape index (κ3) is 2.22. The molecule has 0 saturated heterocycles. The van der Waals surface area contributed by atoms with Gasteiger partial charge in [0.25, 0.3) is 12.3 Å². The smallest absolute Gasteiger partial charge is 0.336 e. The van der Waals surface area contributed by atoms with Crippen LogP contribution in [0.3, 0.4) is 0 Å². The van der Waals surface area contributed by atoms with Gasteiger partial charge >= 0.3 is 5.69 Å². The van der Waals surface area contributed by atoms with Gasteiger partial charge in [0, 0.05) is 0 Å². The van der Waals surface area contributed by atoms with Crippen molar-refractivity contribution in [3.05, 3.63) is 27.4 Å². The van der Waals surface area contributed by atoms with E-state index in [9.17, 15) is 18.9 Å². The molecule has 6 nitrogen and oxygen atoms in total. The average molecular weight is 234 g/mol. The maximum atomic E-state index is 12.4. The molecule has 0 bridgehead atoms. The minimum absolute atomic E-state index is 0.257. The largest absolute Gasteiger partial charge is 0.476 e. The number of alkyl halides is 2. The van der Waals surface area contributed by atoms with E-state index in [-0.39, 0.29) is 5.56 Å². The highest BCUT2D eigenvalue weighted by Gasteiger charge is 2.25. The molecule has 0 aliphatic carbocycles. The van der Waals surface area contributed by atoms with Gasteiger partial charge in [0.1, 0.15) is 5.69 Å². The molecule has 1 aromatic rings. The maximum Gasteiger partial charge on any atom is 0.336 e. The topological polar surface area (TPSA) is 85.5 Å². The Kier molecular flexibility index (Phi) is 3.67. The van der Waals surface area contributed by atoms with Gasteiger partial charge in [0.15, 0.2) is 0 Å². The molecule has 8 heteroatoms. The second-order valence-corrected chi connectivity index (χ2v) is 2.78. The maximum absolute atomic E-state index is 12.4. The molecule has 0 radical (unpaired) electrons. The van der Waals surface area contributed by atoms with Crippen molar-refractivity contribution in [3.63, 3.8) is 0 Å². The molecule has 0 amide bonds. The summed E-state index contributed by atoms with van der Waals surface area (Å²) in [6.07, 6.45) is -2.89. The van der Waals surface area contributed by atoms with Crippen LogP contribution < -0.4 is 4.74 Å². The molecule has 0 spiro atoms. The van der Waals surface area contributed by atoms with E-state index in [2.05, 4.69) is 9.72 Å². The van der Waals surface area contributed by atoms with Crippen LogP contribution >= 0.6 is 0 Å². The fourth-order valence-electron chi connectivity index (χ4n) is 1.16. The van der Waals surface area contributed by atoms with Crippen molar-refractivity contribution in [2.45, 2.75) is 13.0 Å². The van der Waals surface area contributed by atoms with E-state index in [0.29, 0.717) is 0 Å². The first-order valence-electron chi connectivity index (χ1n) is 4.12. The van der Waals surface area contributed by atoms with Gasteiger partial charge in [-0.05, 0) is 6.07 Å². The van der Waals surface area contributed by atoms with Crippen molar-refractivity contribution >= 4 is 5.69 Å². The predicted molar refractivity (Wildman–Crippen MR) is 48.3 cm³/mol. The lowest BCUT2D eigenvalue weighted by Gasteiger charge is -2.07. The van der Waals surface area contributed by atoms with Crippen LogP contribution in [0.2, 0.25) is 0 Å². The van der Waals surface area contributed by atoms with Gasteiger partial charge < -0.3 is 9.84 Å². The zero-order valence-corrected chi connectivity index (χ0v) is 8.18. The molecule has 0 unspecified atom stereocenters. The molecule has 1 N–H and O–H groups in total. The summed E-state index contributed by atoms with van der Waals surface area (Å²) in [5.74, 6) is -0.535. The third-order valence-corrected chi connectivity index (χ3v) is 1.83. The number of aliphatic hydroxyl groups is 1. The van der Waals surface area contributed by atoms with Crippen LogP contribution in [0.15, 0.2) is 6.07 Å². The Morgan fingerprint density at radius 3 is 2.69 bits per heavy atom.